The normalized spacial score (nSPS) is 13.0. The molecule has 0 heterocycles. The lowest BCUT2D eigenvalue weighted by Crippen LogP contribution is -2.24. The van der Waals surface area contributed by atoms with Crippen molar-refractivity contribution in [3.8, 4) is 0 Å². The first-order valence-electron chi connectivity index (χ1n) is 8.06. The van der Waals surface area contributed by atoms with Crippen LogP contribution in [-0.4, -0.2) is 18.0 Å². The van der Waals surface area contributed by atoms with Crippen LogP contribution < -0.4 is 0 Å². The Labute approximate surface area is 140 Å². The van der Waals surface area contributed by atoms with Crippen LogP contribution in [0.3, 0.4) is 0 Å². The van der Waals surface area contributed by atoms with E-state index in [2.05, 4.69) is 88.4 Å². The maximum atomic E-state index is 3.88. The summed E-state index contributed by atoms with van der Waals surface area (Å²) in [5, 5.41) is 0. The first-order valence-corrected chi connectivity index (χ1v) is 8.85. The summed E-state index contributed by atoms with van der Waals surface area (Å²) in [4.78, 5) is 2.47. The summed E-state index contributed by atoms with van der Waals surface area (Å²) in [7, 11) is 0. The second-order valence-corrected chi connectivity index (χ2v) is 8.75. The van der Waals surface area contributed by atoms with Crippen LogP contribution in [-0.2, 0) is 17.4 Å². The Bertz CT molecular complexity index is 474. The van der Waals surface area contributed by atoms with E-state index < -0.39 is 0 Å². The second-order valence-electron chi connectivity index (χ2n) is 7.96. The summed E-state index contributed by atoms with van der Waals surface area (Å²) in [6, 6.07) is 4.77. The first kappa shape index (κ1) is 18.7. The Morgan fingerprint density at radius 3 is 1.81 bits per heavy atom. The standard InChI is InChI=1S/C19H32BrN/c1-9-21(10-2)13-14-11-15(18(3,4)5)12-16(17(14)20)19(6,7)8/h11-12H,9-10,13H2,1-8H3. The van der Waals surface area contributed by atoms with Crippen LogP contribution in [0.1, 0.15) is 72.1 Å². The number of hydrogen-bond donors (Lipinski definition) is 0. The highest BCUT2D eigenvalue weighted by molar-refractivity contribution is 9.10. The van der Waals surface area contributed by atoms with Crippen molar-refractivity contribution < 1.29 is 0 Å². The molecule has 1 aromatic carbocycles. The van der Waals surface area contributed by atoms with Crippen LogP contribution in [0, 0.1) is 0 Å². The topological polar surface area (TPSA) is 3.24 Å². The molecule has 2 heteroatoms. The number of rotatable bonds is 4. The summed E-state index contributed by atoms with van der Waals surface area (Å²) >= 11 is 3.88. The lowest BCUT2D eigenvalue weighted by molar-refractivity contribution is 0.295. The van der Waals surface area contributed by atoms with Gasteiger partial charge in [0.25, 0.3) is 0 Å². The highest BCUT2D eigenvalue weighted by atomic mass is 79.9. The van der Waals surface area contributed by atoms with Gasteiger partial charge in [-0.1, -0.05) is 83.5 Å². The van der Waals surface area contributed by atoms with Gasteiger partial charge in [-0.2, -0.15) is 0 Å². The Morgan fingerprint density at radius 1 is 0.905 bits per heavy atom. The van der Waals surface area contributed by atoms with Crippen LogP contribution >= 0.6 is 15.9 Å². The largest absolute Gasteiger partial charge is 0.300 e. The molecule has 0 bridgehead atoms. The molecule has 0 saturated carbocycles. The Morgan fingerprint density at radius 2 is 1.43 bits per heavy atom. The average molecular weight is 354 g/mol. The minimum absolute atomic E-state index is 0.151. The molecule has 120 valence electrons. The molecule has 1 aromatic rings. The molecule has 0 radical (unpaired) electrons. The third kappa shape index (κ3) is 4.82. The van der Waals surface area contributed by atoms with Crippen molar-refractivity contribution in [3.05, 3.63) is 33.3 Å². The van der Waals surface area contributed by atoms with Gasteiger partial charge in [-0.05, 0) is 40.6 Å². The van der Waals surface area contributed by atoms with Crippen molar-refractivity contribution in [1.82, 2.24) is 4.90 Å². The molecule has 0 amide bonds. The summed E-state index contributed by atoms with van der Waals surface area (Å²) < 4.78 is 1.29. The van der Waals surface area contributed by atoms with Gasteiger partial charge in [-0.15, -0.1) is 0 Å². The number of nitrogens with zero attached hydrogens (tertiary/aromatic N) is 1. The van der Waals surface area contributed by atoms with Crippen molar-refractivity contribution in [3.63, 3.8) is 0 Å². The van der Waals surface area contributed by atoms with E-state index in [4.69, 9.17) is 0 Å². The zero-order valence-electron chi connectivity index (χ0n) is 15.1. The van der Waals surface area contributed by atoms with Gasteiger partial charge in [0.2, 0.25) is 0 Å². The minimum atomic E-state index is 0.151. The molecule has 0 aliphatic heterocycles. The van der Waals surface area contributed by atoms with E-state index in [0.717, 1.165) is 19.6 Å². The van der Waals surface area contributed by atoms with Gasteiger partial charge in [-0.3, -0.25) is 4.90 Å². The molecule has 0 N–H and O–H groups in total. The maximum Gasteiger partial charge on any atom is 0.0257 e. The molecule has 0 aliphatic rings. The number of halogens is 1. The first-order chi connectivity index (χ1) is 9.50. The van der Waals surface area contributed by atoms with Gasteiger partial charge < -0.3 is 0 Å². The molecule has 0 atom stereocenters. The summed E-state index contributed by atoms with van der Waals surface area (Å²) in [6.45, 7) is 21.4. The van der Waals surface area contributed by atoms with E-state index in [0.29, 0.717) is 0 Å². The van der Waals surface area contributed by atoms with Gasteiger partial charge in [0.1, 0.15) is 0 Å². The van der Waals surface area contributed by atoms with E-state index >= 15 is 0 Å². The van der Waals surface area contributed by atoms with Crippen molar-refractivity contribution in [2.45, 2.75) is 72.8 Å². The molecule has 1 rings (SSSR count). The Hall–Kier alpha value is -0.340. The molecule has 1 nitrogen and oxygen atoms in total. The van der Waals surface area contributed by atoms with Crippen LogP contribution in [0.2, 0.25) is 0 Å². The Balaban J connectivity index is 3.42. The highest BCUT2D eigenvalue weighted by Crippen LogP contribution is 2.37. The van der Waals surface area contributed by atoms with Crippen molar-refractivity contribution in [2.75, 3.05) is 13.1 Å². The van der Waals surface area contributed by atoms with Crippen LogP contribution in [0.15, 0.2) is 16.6 Å². The van der Waals surface area contributed by atoms with Gasteiger partial charge in [0.15, 0.2) is 0 Å². The predicted molar refractivity (Wildman–Crippen MR) is 98.2 cm³/mol. The van der Waals surface area contributed by atoms with E-state index in [-0.39, 0.29) is 10.8 Å². The zero-order valence-corrected chi connectivity index (χ0v) is 16.7. The third-order valence-corrected chi connectivity index (χ3v) is 5.05. The molecule has 0 aromatic heterocycles. The third-order valence-electron chi connectivity index (χ3n) is 4.11. The lowest BCUT2D eigenvalue weighted by Gasteiger charge is -2.29. The number of hydrogen-bond acceptors (Lipinski definition) is 1. The molecule has 0 spiro atoms. The highest BCUT2D eigenvalue weighted by Gasteiger charge is 2.24. The molecular weight excluding hydrogens is 322 g/mol. The molecule has 21 heavy (non-hydrogen) atoms. The van der Waals surface area contributed by atoms with Crippen molar-refractivity contribution >= 4 is 15.9 Å². The maximum absolute atomic E-state index is 3.88. The monoisotopic (exact) mass is 353 g/mol. The molecular formula is C19H32BrN. The fraction of sp³-hybridized carbons (Fsp3) is 0.684. The Kier molecular flexibility index (Phi) is 6.08. The summed E-state index contributed by atoms with van der Waals surface area (Å²) in [5.74, 6) is 0. The smallest absolute Gasteiger partial charge is 0.0257 e. The van der Waals surface area contributed by atoms with Gasteiger partial charge >= 0.3 is 0 Å². The van der Waals surface area contributed by atoms with Gasteiger partial charge in [-0.25, -0.2) is 0 Å². The quantitative estimate of drug-likeness (QED) is 0.652. The van der Waals surface area contributed by atoms with Crippen molar-refractivity contribution in [2.24, 2.45) is 0 Å². The van der Waals surface area contributed by atoms with Crippen molar-refractivity contribution in [1.29, 1.82) is 0 Å². The van der Waals surface area contributed by atoms with E-state index in [1.807, 2.05) is 0 Å². The van der Waals surface area contributed by atoms with E-state index in [1.165, 1.54) is 21.2 Å². The summed E-state index contributed by atoms with van der Waals surface area (Å²) in [6.07, 6.45) is 0. The minimum Gasteiger partial charge on any atom is -0.300 e. The molecule has 0 fully saturated rings. The fourth-order valence-electron chi connectivity index (χ4n) is 2.47. The van der Waals surface area contributed by atoms with Crippen LogP contribution in [0.4, 0.5) is 0 Å². The summed E-state index contributed by atoms with van der Waals surface area (Å²) in [5.41, 5.74) is 4.59. The molecule has 0 aliphatic carbocycles. The SMILES string of the molecule is CCN(CC)Cc1cc(C(C)(C)C)cc(C(C)(C)C)c1Br. The zero-order chi connectivity index (χ0) is 16.4. The van der Waals surface area contributed by atoms with Crippen LogP contribution in [0.25, 0.3) is 0 Å². The second kappa shape index (κ2) is 6.83. The van der Waals surface area contributed by atoms with E-state index in [1.54, 1.807) is 0 Å². The van der Waals surface area contributed by atoms with Gasteiger partial charge in [0.05, 0.1) is 0 Å². The fourth-order valence-corrected chi connectivity index (χ4v) is 3.42. The predicted octanol–water partition coefficient (Wildman–Crippen LogP) is 5.89. The molecule has 0 unspecified atom stereocenters. The average Bonchev–Trinajstić information content (AvgIpc) is 2.34. The molecule has 0 saturated heterocycles. The number of benzene rings is 1. The van der Waals surface area contributed by atoms with Crippen LogP contribution in [0.5, 0.6) is 0 Å². The van der Waals surface area contributed by atoms with Gasteiger partial charge in [0, 0.05) is 11.0 Å². The van der Waals surface area contributed by atoms with E-state index in [9.17, 15) is 0 Å². The lowest BCUT2D eigenvalue weighted by atomic mass is 9.79.